The molecule has 4 aromatic rings. The standard InChI is InChI=1S/C39H46N8O4/c1-6-47-25-42-37(44-47)30-10-8-28(9-11-30)29-15-18-46(19-16-29)35(48)23-45-20-17-39(24-45,50-5)38(49)43-32-13-7-27(4)33(21-32)36(40)31-12-14-34(41-22-31)51-26(2)3/h7-15,21-22,25-26,40H,6,16-20,23-24H2,1-5H3,(H,43,49)/t39-/m0/s1. The Bertz CT molecular complexity index is 1920. The molecule has 1 fully saturated rings. The molecular formula is C39H46N8O4. The number of aromatic nitrogens is 4. The van der Waals surface area contributed by atoms with Crippen molar-refractivity contribution >= 4 is 28.8 Å². The minimum absolute atomic E-state index is 0.00575. The van der Waals surface area contributed by atoms with Gasteiger partial charge in [0.05, 0.1) is 18.4 Å². The molecule has 2 aromatic carbocycles. The molecule has 4 heterocycles. The first-order chi connectivity index (χ1) is 24.6. The van der Waals surface area contributed by atoms with Gasteiger partial charge >= 0.3 is 0 Å². The zero-order chi connectivity index (χ0) is 36.1. The quantitative estimate of drug-likeness (QED) is 0.193. The maximum absolute atomic E-state index is 13.7. The minimum Gasteiger partial charge on any atom is -0.475 e. The Morgan fingerprint density at radius 1 is 1.04 bits per heavy atom. The molecule has 1 saturated heterocycles. The Kier molecular flexibility index (Phi) is 10.7. The van der Waals surface area contributed by atoms with Gasteiger partial charge in [0.2, 0.25) is 11.8 Å². The predicted molar refractivity (Wildman–Crippen MR) is 197 cm³/mol. The van der Waals surface area contributed by atoms with Gasteiger partial charge in [0.15, 0.2) is 11.4 Å². The number of rotatable bonds is 12. The summed E-state index contributed by atoms with van der Waals surface area (Å²) in [6, 6.07) is 17.3. The van der Waals surface area contributed by atoms with Crippen LogP contribution in [0.5, 0.6) is 5.88 Å². The van der Waals surface area contributed by atoms with E-state index in [-0.39, 0.29) is 24.5 Å². The number of methoxy groups -OCH3 is 1. The summed E-state index contributed by atoms with van der Waals surface area (Å²) in [5.41, 5.74) is 5.33. The average Bonchev–Trinajstić information content (AvgIpc) is 3.81. The van der Waals surface area contributed by atoms with E-state index in [4.69, 9.17) is 14.9 Å². The maximum atomic E-state index is 13.7. The topological polar surface area (TPSA) is 139 Å². The molecule has 2 N–H and O–H groups in total. The van der Waals surface area contributed by atoms with E-state index in [1.807, 2.05) is 72.5 Å². The second-order valence-corrected chi connectivity index (χ2v) is 13.4. The number of hydrogen-bond donors (Lipinski definition) is 2. The second-order valence-electron chi connectivity index (χ2n) is 13.4. The van der Waals surface area contributed by atoms with Gasteiger partial charge in [0.25, 0.3) is 5.91 Å². The third kappa shape index (κ3) is 8.08. The van der Waals surface area contributed by atoms with Crippen LogP contribution in [-0.2, 0) is 20.9 Å². The van der Waals surface area contributed by atoms with Crippen molar-refractivity contribution in [1.29, 1.82) is 5.41 Å². The molecule has 0 unspecified atom stereocenters. The fourth-order valence-electron chi connectivity index (χ4n) is 6.51. The molecule has 0 spiro atoms. The molecule has 1 atom stereocenters. The third-order valence-electron chi connectivity index (χ3n) is 9.56. The fraction of sp³-hybridized carbons (Fsp3) is 0.385. The van der Waals surface area contributed by atoms with Crippen molar-refractivity contribution in [3.8, 4) is 17.3 Å². The van der Waals surface area contributed by atoms with Crippen molar-refractivity contribution in [2.45, 2.75) is 58.8 Å². The van der Waals surface area contributed by atoms with Gasteiger partial charge in [-0.15, -0.1) is 0 Å². The van der Waals surface area contributed by atoms with Gasteiger partial charge in [0.1, 0.15) is 6.33 Å². The number of carbonyl (C=O) groups excluding carboxylic acids is 2. The van der Waals surface area contributed by atoms with Gasteiger partial charge in [-0.3, -0.25) is 24.6 Å². The van der Waals surface area contributed by atoms with Crippen LogP contribution in [0.25, 0.3) is 17.0 Å². The van der Waals surface area contributed by atoms with E-state index >= 15 is 0 Å². The van der Waals surface area contributed by atoms with Crippen LogP contribution >= 0.6 is 0 Å². The SMILES string of the molecule is CCn1cnc(-c2ccc(C3=CCN(C(=O)CN4CC[C@@](OC)(C(=O)Nc5ccc(C)c(C(=N)c6ccc(OC(C)C)nc6)c5)C4)CC3)cc2)n1. The van der Waals surface area contributed by atoms with Gasteiger partial charge in [-0.05, 0) is 75.4 Å². The lowest BCUT2D eigenvalue weighted by Crippen LogP contribution is -2.48. The summed E-state index contributed by atoms with van der Waals surface area (Å²) in [6.07, 6.45) is 6.72. The van der Waals surface area contributed by atoms with Gasteiger partial charge in [-0.2, -0.15) is 5.10 Å². The van der Waals surface area contributed by atoms with Crippen molar-refractivity contribution in [2.24, 2.45) is 0 Å². The van der Waals surface area contributed by atoms with Crippen LogP contribution in [0.4, 0.5) is 5.69 Å². The molecule has 2 amide bonds. The molecule has 2 aliphatic rings. The number of benzene rings is 2. The van der Waals surface area contributed by atoms with Crippen molar-refractivity contribution in [3.63, 3.8) is 0 Å². The van der Waals surface area contributed by atoms with E-state index in [0.29, 0.717) is 66.8 Å². The van der Waals surface area contributed by atoms with Crippen LogP contribution in [0.1, 0.15) is 55.9 Å². The van der Waals surface area contributed by atoms with E-state index in [9.17, 15) is 9.59 Å². The summed E-state index contributed by atoms with van der Waals surface area (Å²) < 4.78 is 13.3. The van der Waals surface area contributed by atoms with Crippen LogP contribution < -0.4 is 10.1 Å². The Labute approximate surface area is 299 Å². The summed E-state index contributed by atoms with van der Waals surface area (Å²) in [5.74, 6) is 0.977. The van der Waals surface area contributed by atoms with Gasteiger partial charge < -0.3 is 19.7 Å². The van der Waals surface area contributed by atoms with Crippen LogP contribution in [0.15, 0.2) is 73.2 Å². The highest BCUT2D eigenvalue weighted by Gasteiger charge is 2.45. The summed E-state index contributed by atoms with van der Waals surface area (Å²) in [4.78, 5) is 39.7. The summed E-state index contributed by atoms with van der Waals surface area (Å²) in [7, 11) is 1.54. The fourth-order valence-corrected chi connectivity index (χ4v) is 6.51. The molecule has 12 nitrogen and oxygen atoms in total. The van der Waals surface area contributed by atoms with Crippen molar-refractivity contribution in [1.82, 2.24) is 29.5 Å². The van der Waals surface area contributed by atoms with Crippen molar-refractivity contribution < 1.29 is 19.1 Å². The maximum Gasteiger partial charge on any atom is 0.258 e. The molecule has 0 aliphatic carbocycles. The highest BCUT2D eigenvalue weighted by Crippen LogP contribution is 2.29. The normalized spacial score (nSPS) is 17.8. The Morgan fingerprint density at radius 3 is 2.47 bits per heavy atom. The predicted octanol–water partition coefficient (Wildman–Crippen LogP) is 5.22. The van der Waals surface area contributed by atoms with Crippen molar-refractivity contribution in [2.75, 3.05) is 45.2 Å². The molecule has 266 valence electrons. The minimum atomic E-state index is -1.10. The first-order valence-corrected chi connectivity index (χ1v) is 17.5. The number of carbonyl (C=O) groups is 2. The number of ether oxygens (including phenoxy) is 2. The molecule has 0 radical (unpaired) electrons. The Balaban J connectivity index is 1.03. The van der Waals surface area contributed by atoms with Gasteiger partial charge in [-0.1, -0.05) is 36.4 Å². The highest BCUT2D eigenvalue weighted by molar-refractivity contribution is 6.12. The Morgan fingerprint density at radius 2 is 1.82 bits per heavy atom. The number of amides is 2. The first kappa shape index (κ1) is 35.6. The molecule has 51 heavy (non-hydrogen) atoms. The zero-order valence-electron chi connectivity index (χ0n) is 30.0. The molecule has 12 heteroatoms. The molecule has 0 saturated carbocycles. The molecule has 2 aromatic heterocycles. The van der Waals surface area contributed by atoms with E-state index in [1.165, 1.54) is 5.57 Å². The highest BCUT2D eigenvalue weighted by atomic mass is 16.5. The van der Waals surface area contributed by atoms with E-state index in [1.54, 1.807) is 31.8 Å². The number of pyridine rings is 1. The number of hydrogen-bond acceptors (Lipinski definition) is 9. The molecule has 6 rings (SSSR count). The second kappa shape index (κ2) is 15.4. The van der Waals surface area contributed by atoms with E-state index in [0.717, 1.165) is 29.7 Å². The van der Waals surface area contributed by atoms with Gasteiger partial charge in [-0.25, -0.2) is 9.97 Å². The van der Waals surface area contributed by atoms with Crippen LogP contribution in [-0.4, -0.2) is 98.6 Å². The summed E-state index contributed by atoms with van der Waals surface area (Å²) in [6.45, 7) is 10.9. The number of nitrogens with one attached hydrogen (secondary N) is 2. The first-order valence-electron chi connectivity index (χ1n) is 17.5. The van der Waals surface area contributed by atoms with Gasteiger partial charge in [0, 0.05) is 74.5 Å². The van der Waals surface area contributed by atoms with Crippen LogP contribution in [0, 0.1) is 12.3 Å². The lowest BCUT2D eigenvalue weighted by Gasteiger charge is -2.30. The smallest absolute Gasteiger partial charge is 0.258 e. The van der Waals surface area contributed by atoms with E-state index in [2.05, 4.69) is 38.6 Å². The Hall–Kier alpha value is -5.20. The number of anilines is 1. The summed E-state index contributed by atoms with van der Waals surface area (Å²) >= 11 is 0. The zero-order valence-corrected chi connectivity index (χ0v) is 30.0. The van der Waals surface area contributed by atoms with Crippen LogP contribution in [0.3, 0.4) is 0 Å². The van der Waals surface area contributed by atoms with E-state index < -0.39 is 5.60 Å². The lowest BCUT2D eigenvalue weighted by molar-refractivity contribution is -0.138. The molecule has 0 bridgehead atoms. The third-order valence-corrected chi connectivity index (χ3v) is 9.56. The van der Waals surface area contributed by atoms with Crippen LogP contribution in [0.2, 0.25) is 0 Å². The number of likely N-dealkylation sites (tertiary alicyclic amines) is 1. The largest absolute Gasteiger partial charge is 0.475 e. The lowest BCUT2D eigenvalue weighted by atomic mass is 9.98. The summed E-state index contributed by atoms with van der Waals surface area (Å²) in [5, 5.41) is 16.4. The molecule has 2 aliphatic heterocycles. The molecular weight excluding hydrogens is 644 g/mol. The van der Waals surface area contributed by atoms with Crippen molar-refractivity contribution in [3.05, 3.63) is 95.5 Å². The number of nitrogens with zero attached hydrogens (tertiary/aromatic N) is 6. The monoisotopic (exact) mass is 690 g/mol. The number of aryl methyl sites for hydroxylation is 2. The average molecular weight is 691 g/mol.